The van der Waals surface area contributed by atoms with Crippen LogP contribution in [0.5, 0.6) is 0 Å². The van der Waals surface area contributed by atoms with Gasteiger partial charge in [-0.15, -0.1) is 5.10 Å². The Morgan fingerprint density at radius 2 is 1.75 bits per heavy atom. The number of nitrogens with zero attached hydrogens (tertiary/aromatic N) is 4. The van der Waals surface area contributed by atoms with E-state index in [1.807, 2.05) is 63.9 Å². The Balaban J connectivity index is 1.55. The van der Waals surface area contributed by atoms with E-state index in [1.54, 1.807) is 0 Å². The van der Waals surface area contributed by atoms with Crippen molar-refractivity contribution in [2.24, 2.45) is 0 Å². The van der Waals surface area contributed by atoms with Crippen LogP contribution in [-0.2, 0) is 4.79 Å². The number of aromatic nitrogens is 4. The van der Waals surface area contributed by atoms with E-state index in [4.69, 9.17) is 0 Å². The molecular formula is C21H21N5OS. The predicted octanol–water partition coefficient (Wildman–Crippen LogP) is 4.06. The fourth-order valence-electron chi connectivity index (χ4n) is 3.80. The predicted molar refractivity (Wildman–Crippen MR) is 110 cm³/mol. The average Bonchev–Trinajstić information content (AvgIpc) is 3.32. The number of carbonyl (C=O) groups excluding carboxylic acids is 1. The zero-order valence-corrected chi connectivity index (χ0v) is 16.2. The lowest BCUT2D eigenvalue weighted by molar-refractivity contribution is -0.131. The number of imidazole rings is 1. The van der Waals surface area contributed by atoms with Crippen LogP contribution in [0.1, 0.15) is 30.1 Å². The maximum Gasteiger partial charge on any atom is 0.240 e. The molecule has 1 saturated heterocycles. The number of piperidine rings is 1. The van der Waals surface area contributed by atoms with Gasteiger partial charge in [-0.05, 0) is 37.0 Å². The van der Waals surface area contributed by atoms with Gasteiger partial charge in [0.1, 0.15) is 5.25 Å². The van der Waals surface area contributed by atoms with Crippen molar-refractivity contribution in [1.29, 1.82) is 0 Å². The Morgan fingerprint density at radius 1 is 1.00 bits per heavy atom. The smallest absolute Gasteiger partial charge is 0.240 e. The maximum absolute atomic E-state index is 13.4. The Bertz CT molecular complexity index is 1110. The first kappa shape index (κ1) is 17.3. The Hall–Kier alpha value is -2.80. The van der Waals surface area contributed by atoms with Crippen LogP contribution in [0, 0.1) is 0 Å². The van der Waals surface area contributed by atoms with Crippen LogP contribution >= 0.6 is 11.8 Å². The van der Waals surface area contributed by atoms with Gasteiger partial charge in [-0.25, -0.2) is 10.1 Å². The van der Waals surface area contributed by atoms with Crippen molar-refractivity contribution in [3.8, 4) is 0 Å². The van der Waals surface area contributed by atoms with Gasteiger partial charge in [0.05, 0.1) is 11.0 Å². The number of fused-ring (bicyclic) bond motifs is 3. The van der Waals surface area contributed by atoms with Gasteiger partial charge >= 0.3 is 0 Å². The monoisotopic (exact) mass is 391 g/mol. The largest absolute Gasteiger partial charge is 0.341 e. The van der Waals surface area contributed by atoms with Crippen molar-refractivity contribution >= 4 is 34.5 Å². The zero-order chi connectivity index (χ0) is 18.9. The number of para-hydroxylation sites is 2. The molecule has 2 aromatic heterocycles. The summed E-state index contributed by atoms with van der Waals surface area (Å²) in [5.74, 6) is 0.859. The number of H-pyrrole nitrogens is 1. The molecule has 0 saturated carbocycles. The summed E-state index contributed by atoms with van der Waals surface area (Å²) < 4.78 is 2.00. The van der Waals surface area contributed by atoms with Gasteiger partial charge in [0.25, 0.3) is 0 Å². The van der Waals surface area contributed by atoms with Gasteiger partial charge in [0.2, 0.25) is 11.7 Å². The highest BCUT2D eigenvalue weighted by Gasteiger charge is 2.29. The lowest BCUT2D eigenvalue weighted by Gasteiger charge is -2.30. The fourth-order valence-corrected chi connectivity index (χ4v) is 4.94. The van der Waals surface area contributed by atoms with Crippen molar-refractivity contribution in [3.63, 3.8) is 0 Å². The normalized spacial score (nSPS) is 15.9. The number of benzene rings is 2. The number of aromatic amines is 1. The van der Waals surface area contributed by atoms with Crippen molar-refractivity contribution < 1.29 is 4.79 Å². The van der Waals surface area contributed by atoms with E-state index < -0.39 is 0 Å². The van der Waals surface area contributed by atoms with Crippen molar-refractivity contribution in [2.45, 2.75) is 29.7 Å². The van der Waals surface area contributed by atoms with Crippen LogP contribution in [0.25, 0.3) is 16.8 Å². The summed E-state index contributed by atoms with van der Waals surface area (Å²) >= 11 is 1.49. The van der Waals surface area contributed by atoms with Gasteiger partial charge in [-0.2, -0.15) is 0 Å². The van der Waals surface area contributed by atoms with E-state index in [-0.39, 0.29) is 11.2 Å². The summed E-state index contributed by atoms with van der Waals surface area (Å²) in [5, 5.41) is 7.90. The molecule has 1 amide bonds. The van der Waals surface area contributed by atoms with Gasteiger partial charge in [-0.3, -0.25) is 9.20 Å². The SMILES string of the molecule is O=C([C@H](Sc1n[nH]c2nc3ccccc3n12)c1ccccc1)N1CCCCC1. The molecular weight excluding hydrogens is 370 g/mol. The summed E-state index contributed by atoms with van der Waals surface area (Å²) in [6.45, 7) is 1.68. The minimum absolute atomic E-state index is 0.163. The highest BCUT2D eigenvalue weighted by atomic mass is 32.2. The highest BCUT2D eigenvalue weighted by Crippen LogP contribution is 2.37. The lowest BCUT2D eigenvalue weighted by Crippen LogP contribution is -2.38. The molecule has 1 fully saturated rings. The molecule has 1 aliphatic rings. The zero-order valence-electron chi connectivity index (χ0n) is 15.4. The number of carbonyl (C=O) groups is 1. The Morgan fingerprint density at radius 3 is 2.57 bits per heavy atom. The summed E-state index contributed by atoms with van der Waals surface area (Å²) in [4.78, 5) is 20.0. The minimum atomic E-state index is -0.327. The van der Waals surface area contributed by atoms with Crippen LogP contribution < -0.4 is 0 Å². The lowest BCUT2D eigenvalue weighted by atomic mass is 10.1. The number of hydrogen-bond donors (Lipinski definition) is 1. The highest BCUT2D eigenvalue weighted by molar-refractivity contribution is 8.00. The summed E-state index contributed by atoms with van der Waals surface area (Å²) in [6, 6.07) is 18.0. The summed E-state index contributed by atoms with van der Waals surface area (Å²) in [6.07, 6.45) is 3.36. The molecule has 3 heterocycles. The standard InChI is InChI=1S/C21H21N5OS/c27-19(25-13-7-2-8-14-25)18(15-9-3-1-4-10-15)28-21-24-23-20-22-16-11-5-6-12-17(16)26(20)21/h1,3-6,9-12,18H,2,7-8,13-14H2,(H,22,23)/t18-/m1/s1. The second-order valence-electron chi connectivity index (χ2n) is 7.06. The summed E-state index contributed by atoms with van der Waals surface area (Å²) in [7, 11) is 0. The van der Waals surface area contributed by atoms with Crippen molar-refractivity contribution in [1.82, 2.24) is 24.5 Å². The molecule has 142 valence electrons. The van der Waals surface area contributed by atoms with Crippen LogP contribution in [0.2, 0.25) is 0 Å². The third kappa shape index (κ3) is 3.05. The first-order valence-electron chi connectivity index (χ1n) is 9.63. The molecule has 5 rings (SSSR count). The molecule has 28 heavy (non-hydrogen) atoms. The van der Waals surface area contributed by atoms with E-state index in [9.17, 15) is 4.79 Å². The third-order valence-corrected chi connectivity index (χ3v) is 6.42. The van der Waals surface area contributed by atoms with Gasteiger partial charge in [0.15, 0.2) is 5.16 Å². The second-order valence-corrected chi connectivity index (χ2v) is 8.13. The molecule has 4 aromatic rings. The van der Waals surface area contributed by atoms with Gasteiger partial charge < -0.3 is 4.90 Å². The van der Waals surface area contributed by atoms with Crippen LogP contribution in [0.15, 0.2) is 59.8 Å². The van der Waals surface area contributed by atoms with E-state index in [2.05, 4.69) is 15.2 Å². The first-order chi connectivity index (χ1) is 13.8. The second kappa shape index (κ2) is 7.31. The number of thioether (sulfide) groups is 1. The molecule has 1 atom stereocenters. The molecule has 0 spiro atoms. The van der Waals surface area contributed by atoms with Gasteiger partial charge in [0, 0.05) is 13.1 Å². The van der Waals surface area contributed by atoms with Crippen molar-refractivity contribution in [2.75, 3.05) is 13.1 Å². The molecule has 2 aromatic carbocycles. The van der Waals surface area contributed by atoms with Crippen LogP contribution in [0.3, 0.4) is 0 Å². The van der Waals surface area contributed by atoms with Crippen molar-refractivity contribution in [3.05, 3.63) is 60.2 Å². The topological polar surface area (TPSA) is 66.3 Å². The molecule has 0 aliphatic carbocycles. The number of likely N-dealkylation sites (tertiary alicyclic amines) is 1. The molecule has 7 heteroatoms. The van der Waals surface area contributed by atoms with Crippen LogP contribution in [0.4, 0.5) is 0 Å². The number of rotatable bonds is 4. The number of hydrogen-bond acceptors (Lipinski definition) is 4. The molecule has 1 aliphatic heterocycles. The van der Waals surface area contributed by atoms with Gasteiger partial charge in [-0.1, -0.05) is 54.2 Å². The quantitative estimate of drug-likeness (QED) is 0.533. The third-order valence-electron chi connectivity index (χ3n) is 5.22. The molecule has 0 radical (unpaired) electrons. The maximum atomic E-state index is 13.4. The molecule has 0 unspecified atom stereocenters. The molecule has 6 nitrogen and oxygen atoms in total. The number of amides is 1. The van der Waals surface area contributed by atoms with Crippen LogP contribution in [-0.4, -0.2) is 43.5 Å². The van der Waals surface area contributed by atoms with E-state index in [0.717, 1.165) is 47.7 Å². The van der Waals surface area contributed by atoms with E-state index in [1.165, 1.54) is 18.2 Å². The molecule has 0 bridgehead atoms. The minimum Gasteiger partial charge on any atom is -0.341 e. The summed E-state index contributed by atoms with van der Waals surface area (Å²) in [5.41, 5.74) is 2.91. The average molecular weight is 392 g/mol. The Kier molecular flexibility index (Phi) is 4.52. The molecule has 1 N–H and O–H groups in total. The Labute approximate surface area is 166 Å². The number of nitrogens with one attached hydrogen (secondary N) is 1. The van der Waals surface area contributed by atoms with E-state index >= 15 is 0 Å². The van der Waals surface area contributed by atoms with E-state index in [0.29, 0.717) is 5.78 Å². The fraction of sp³-hybridized carbons (Fsp3) is 0.286. The first-order valence-corrected chi connectivity index (χ1v) is 10.5.